The molecule has 1 aliphatic heterocycles. The van der Waals surface area contributed by atoms with Crippen LogP contribution in [0.25, 0.3) is 0 Å². The normalized spacial score (nSPS) is 19.9. The highest BCUT2D eigenvalue weighted by molar-refractivity contribution is 5.84. The number of carbonyl (C=O) groups is 2. The van der Waals surface area contributed by atoms with E-state index in [0.29, 0.717) is 26.1 Å². The molecule has 2 amide bonds. The lowest BCUT2D eigenvalue weighted by Crippen LogP contribution is -2.57. The average Bonchev–Trinajstić information content (AvgIpc) is 2.38. The number of ether oxygens (including phenoxy) is 1. The second-order valence-corrected chi connectivity index (χ2v) is 6.20. The Morgan fingerprint density at radius 3 is 2.52 bits per heavy atom. The fourth-order valence-corrected chi connectivity index (χ4v) is 2.18. The highest BCUT2D eigenvalue weighted by Crippen LogP contribution is 2.20. The molecule has 1 saturated heterocycles. The Labute approximate surface area is 127 Å². The first kappa shape index (κ1) is 17.8. The molecule has 0 radical (unpaired) electrons. The lowest BCUT2D eigenvalue weighted by atomic mass is 10.1. The lowest BCUT2D eigenvalue weighted by molar-refractivity contribution is -0.171. The summed E-state index contributed by atoms with van der Waals surface area (Å²) in [6, 6.07) is -0.775. The summed E-state index contributed by atoms with van der Waals surface area (Å²) < 4.78 is 5.40. The van der Waals surface area contributed by atoms with Crippen LogP contribution in [0.2, 0.25) is 0 Å². The summed E-state index contributed by atoms with van der Waals surface area (Å²) in [6.07, 6.45) is 2.45. The van der Waals surface area contributed by atoms with E-state index in [2.05, 4.69) is 6.92 Å². The molecule has 0 bridgehead atoms. The third-order valence-electron chi connectivity index (χ3n) is 3.21. The fourth-order valence-electron chi connectivity index (χ4n) is 2.18. The zero-order chi connectivity index (χ0) is 16.0. The SMILES string of the molecule is CCCCON1CC[C@@H](C(=O)OC(C)(C)C)N(CC)C1=O. The summed E-state index contributed by atoms with van der Waals surface area (Å²) >= 11 is 0. The molecule has 0 aromatic carbocycles. The van der Waals surface area contributed by atoms with E-state index < -0.39 is 11.6 Å². The smallest absolute Gasteiger partial charge is 0.344 e. The van der Waals surface area contributed by atoms with Crippen LogP contribution in [-0.2, 0) is 14.4 Å². The van der Waals surface area contributed by atoms with Crippen LogP contribution >= 0.6 is 0 Å². The summed E-state index contributed by atoms with van der Waals surface area (Å²) in [5, 5.41) is 1.36. The van der Waals surface area contributed by atoms with Crippen LogP contribution in [-0.4, -0.2) is 53.3 Å². The number of carbonyl (C=O) groups excluding carboxylic acids is 2. The largest absolute Gasteiger partial charge is 0.458 e. The van der Waals surface area contributed by atoms with Gasteiger partial charge in [-0.25, -0.2) is 14.7 Å². The molecule has 21 heavy (non-hydrogen) atoms. The molecule has 6 heteroatoms. The van der Waals surface area contributed by atoms with Crippen molar-refractivity contribution < 1.29 is 19.2 Å². The summed E-state index contributed by atoms with van der Waals surface area (Å²) in [5.74, 6) is -0.342. The van der Waals surface area contributed by atoms with Crippen LogP contribution in [0.15, 0.2) is 0 Å². The minimum Gasteiger partial charge on any atom is -0.458 e. The minimum absolute atomic E-state index is 0.254. The second-order valence-electron chi connectivity index (χ2n) is 6.20. The van der Waals surface area contributed by atoms with Gasteiger partial charge in [-0.1, -0.05) is 13.3 Å². The predicted molar refractivity (Wildman–Crippen MR) is 79.6 cm³/mol. The van der Waals surface area contributed by atoms with Gasteiger partial charge in [0.1, 0.15) is 11.6 Å². The van der Waals surface area contributed by atoms with Gasteiger partial charge in [-0.2, -0.15) is 0 Å². The van der Waals surface area contributed by atoms with Gasteiger partial charge in [0.05, 0.1) is 13.2 Å². The first-order chi connectivity index (χ1) is 9.80. The van der Waals surface area contributed by atoms with Gasteiger partial charge in [-0.05, 0) is 40.5 Å². The summed E-state index contributed by atoms with van der Waals surface area (Å²) in [7, 11) is 0. The van der Waals surface area contributed by atoms with Crippen molar-refractivity contribution in [1.29, 1.82) is 0 Å². The molecular formula is C15H28N2O4. The highest BCUT2D eigenvalue weighted by Gasteiger charge is 2.39. The Morgan fingerprint density at radius 2 is 2.00 bits per heavy atom. The minimum atomic E-state index is -0.547. The van der Waals surface area contributed by atoms with Crippen molar-refractivity contribution in [3.8, 4) is 0 Å². The first-order valence-corrected chi connectivity index (χ1v) is 7.74. The molecule has 0 aromatic rings. The summed E-state index contributed by atoms with van der Waals surface area (Å²) in [4.78, 5) is 31.6. The van der Waals surface area contributed by atoms with Gasteiger partial charge in [0.25, 0.3) is 0 Å². The number of amides is 2. The highest BCUT2D eigenvalue weighted by atomic mass is 16.7. The zero-order valence-electron chi connectivity index (χ0n) is 13.8. The summed E-state index contributed by atoms with van der Waals surface area (Å²) in [6.45, 7) is 10.8. The lowest BCUT2D eigenvalue weighted by Gasteiger charge is -2.39. The van der Waals surface area contributed by atoms with Crippen molar-refractivity contribution in [3.05, 3.63) is 0 Å². The molecule has 0 spiro atoms. The zero-order valence-corrected chi connectivity index (χ0v) is 13.8. The Balaban J connectivity index is 2.66. The van der Waals surface area contributed by atoms with E-state index in [4.69, 9.17) is 9.57 Å². The van der Waals surface area contributed by atoms with Gasteiger partial charge in [-0.3, -0.25) is 4.84 Å². The van der Waals surface area contributed by atoms with Gasteiger partial charge >= 0.3 is 12.0 Å². The number of hydroxylamine groups is 2. The van der Waals surface area contributed by atoms with Crippen molar-refractivity contribution >= 4 is 12.0 Å². The molecule has 1 aliphatic rings. The molecular weight excluding hydrogens is 272 g/mol. The molecule has 0 unspecified atom stereocenters. The Bertz CT molecular complexity index is 365. The molecule has 0 aliphatic carbocycles. The van der Waals surface area contributed by atoms with Crippen molar-refractivity contribution in [3.63, 3.8) is 0 Å². The average molecular weight is 300 g/mol. The fraction of sp³-hybridized carbons (Fsp3) is 0.867. The van der Waals surface area contributed by atoms with E-state index >= 15 is 0 Å². The standard InChI is InChI=1S/C15H28N2O4/c1-6-8-11-20-17-10-9-12(16(7-2)14(17)19)13(18)21-15(3,4)5/h12H,6-11H2,1-5H3/t12-/m0/s1. The number of hydrogen-bond acceptors (Lipinski definition) is 4. The third-order valence-corrected chi connectivity index (χ3v) is 3.21. The van der Waals surface area contributed by atoms with Crippen LogP contribution < -0.4 is 0 Å². The van der Waals surface area contributed by atoms with Gasteiger partial charge < -0.3 is 9.64 Å². The van der Waals surface area contributed by atoms with Gasteiger partial charge in [-0.15, -0.1) is 0 Å². The number of unbranched alkanes of at least 4 members (excludes halogenated alkanes) is 1. The third kappa shape index (κ3) is 5.19. The molecule has 1 atom stereocenters. The molecule has 1 fully saturated rings. The second kappa shape index (κ2) is 7.64. The van der Waals surface area contributed by atoms with Crippen molar-refractivity contribution in [2.45, 2.75) is 65.5 Å². The van der Waals surface area contributed by atoms with E-state index in [-0.39, 0.29) is 12.0 Å². The van der Waals surface area contributed by atoms with Crippen LogP contribution in [0, 0.1) is 0 Å². The molecule has 1 heterocycles. The predicted octanol–water partition coefficient (Wildman–Crippen LogP) is 2.58. The molecule has 0 saturated carbocycles. The Morgan fingerprint density at radius 1 is 1.33 bits per heavy atom. The molecule has 6 nitrogen and oxygen atoms in total. The molecule has 0 aromatic heterocycles. The molecule has 1 rings (SSSR count). The van der Waals surface area contributed by atoms with Gasteiger partial charge in [0.2, 0.25) is 0 Å². The van der Waals surface area contributed by atoms with E-state index in [1.807, 2.05) is 27.7 Å². The number of esters is 1. The maximum atomic E-state index is 12.4. The van der Waals surface area contributed by atoms with Crippen LogP contribution in [0.4, 0.5) is 4.79 Å². The number of nitrogens with zero attached hydrogens (tertiary/aromatic N) is 2. The van der Waals surface area contributed by atoms with E-state index in [0.717, 1.165) is 12.8 Å². The van der Waals surface area contributed by atoms with E-state index in [1.165, 1.54) is 9.96 Å². The maximum absolute atomic E-state index is 12.4. The van der Waals surface area contributed by atoms with E-state index in [1.54, 1.807) is 0 Å². The monoisotopic (exact) mass is 300 g/mol. The van der Waals surface area contributed by atoms with Crippen molar-refractivity contribution in [1.82, 2.24) is 9.96 Å². The quantitative estimate of drug-likeness (QED) is 0.559. The van der Waals surface area contributed by atoms with Crippen LogP contribution in [0.3, 0.4) is 0 Å². The Hall–Kier alpha value is -1.30. The number of likely N-dealkylation sites (N-methyl/N-ethyl adjacent to an activating group) is 1. The first-order valence-electron chi connectivity index (χ1n) is 7.74. The van der Waals surface area contributed by atoms with Gasteiger partial charge in [0.15, 0.2) is 0 Å². The Kier molecular flexibility index (Phi) is 6.45. The topological polar surface area (TPSA) is 59.1 Å². The number of urea groups is 1. The molecule has 0 N–H and O–H groups in total. The van der Waals surface area contributed by atoms with Gasteiger partial charge in [0, 0.05) is 6.54 Å². The van der Waals surface area contributed by atoms with E-state index in [9.17, 15) is 9.59 Å². The number of hydrogen-bond donors (Lipinski definition) is 0. The van der Waals surface area contributed by atoms with Crippen LogP contribution in [0.5, 0.6) is 0 Å². The van der Waals surface area contributed by atoms with Crippen molar-refractivity contribution in [2.24, 2.45) is 0 Å². The summed E-state index contributed by atoms with van der Waals surface area (Å²) in [5.41, 5.74) is -0.547. The van der Waals surface area contributed by atoms with Crippen LogP contribution in [0.1, 0.15) is 53.9 Å². The maximum Gasteiger partial charge on any atom is 0.344 e. The van der Waals surface area contributed by atoms with Crippen molar-refractivity contribution in [2.75, 3.05) is 19.7 Å². The number of rotatable bonds is 6. The molecule has 122 valence electrons.